The Bertz CT molecular complexity index is 1070. The van der Waals surface area contributed by atoms with Crippen molar-refractivity contribution >= 4 is 72.1 Å². The lowest BCUT2D eigenvalue weighted by molar-refractivity contribution is 0.588. The average molecular weight is 580 g/mol. The second kappa shape index (κ2) is 6.34. The second-order valence-electron chi connectivity index (χ2n) is 6.05. The van der Waals surface area contributed by atoms with Crippen LogP contribution in [0.3, 0.4) is 0 Å². The third kappa shape index (κ3) is 3.25. The molecule has 0 radical (unpaired) electrons. The van der Waals surface area contributed by atoms with Crippen molar-refractivity contribution in [2.45, 2.75) is 30.7 Å². The van der Waals surface area contributed by atoms with Crippen LogP contribution in [0.25, 0.3) is 11.0 Å². The van der Waals surface area contributed by atoms with E-state index >= 15 is 0 Å². The molecular weight excluding hydrogens is 566 g/mol. The van der Waals surface area contributed by atoms with Crippen LogP contribution in [0, 0.1) is 14.3 Å². The lowest BCUT2D eigenvalue weighted by Crippen LogP contribution is -2.13. The van der Waals surface area contributed by atoms with Gasteiger partial charge in [-0.15, -0.1) is 0 Å². The molecule has 1 aliphatic rings. The Morgan fingerprint density at radius 1 is 1.16 bits per heavy atom. The standard InChI is InChI=1S/C16H14I2N4O2S/c1-9-2-6-11(7-3-9)25(23,24)22-8-12(17)13-14(19-10-4-5-10)20-16(18)21-15(13)22/h2-3,6-8,10H,4-5H2,1H3,(H,19,20,21). The molecule has 0 saturated heterocycles. The molecule has 0 atom stereocenters. The van der Waals surface area contributed by atoms with Gasteiger partial charge in [-0.3, -0.25) is 0 Å². The molecule has 0 amide bonds. The number of anilines is 1. The fraction of sp³-hybridized carbons (Fsp3) is 0.250. The van der Waals surface area contributed by atoms with Crippen LogP contribution in [0.4, 0.5) is 5.82 Å². The number of hydrogen-bond acceptors (Lipinski definition) is 5. The number of nitrogens with zero attached hydrogens (tertiary/aromatic N) is 3. The minimum atomic E-state index is -3.72. The van der Waals surface area contributed by atoms with Gasteiger partial charge in [-0.2, -0.15) is 0 Å². The van der Waals surface area contributed by atoms with E-state index < -0.39 is 10.0 Å². The van der Waals surface area contributed by atoms with Gasteiger partial charge in [-0.25, -0.2) is 22.4 Å². The molecule has 1 aliphatic carbocycles. The van der Waals surface area contributed by atoms with Crippen molar-refractivity contribution < 1.29 is 8.42 Å². The van der Waals surface area contributed by atoms with Gasteiger partial charge in [0.05, 0.1) is 10.3 Å². The summed E-state index contributed by atoms with van der Waals surface area (Å²) in [4.78, 5) is 9.13. The summed E-state index contributed by atoms with van der Waals surface area (Å²) in [7, 11) is -3.72. The Hall–Kier alpha value is -0.950. The average Bonchev–Trinajstić information content (AvgIpc) is 3.29. The van der Waals surface area contributed by atoms with Crippen molar-refractivity contribution in [3.05, 3.63) is 43.4 Å². The third-order valence-electron chi connectivity index (χ3n) is 4.04. The van der Waals surface area contributed by atoms with E-state index in [0.29, 0.717) is 21.3 Å². The van der Waals surface area contributed by atoms with Crippen LogP contribution in [0.1, 0.15) is 18.4 Å². The number of hydrogen-bond donors (Lipinski definition) is 1. The van der Waals surface area contributed by atoms with E-state index in [1.807, 2.05) is 29.5 Å². The van der Waals surface area contributed by atoms with Crippen molar-refractivity contribution in [2.24, 2.45) is 0 Å². The van der Waals surface area contributed by atoms with Crippen molar-refractivity contribution in [1.82, 2.24) is 13.9 Å². The van der Waals surface area contributed by atoms with Crippen LogP contribution >= 0.6 is 45.2 Å². The van der Waals surface area contributed by atoms with E-state index in [1.54, 1.807) is 30.5 Å². The first-order valence-corrected chi connectivity index (χ1v) is 11.3. The van der Waals surface area contributed by atoms with Gasteiger partial charge in [0.15, 0.2) is 9.48 Å². The van der Waals surface area contributed by atoms with Crippen molar-refractivity contribution in [3.8, 4) is 0 Å². The normalized spacial score (nSPS) is 14.8. The summed E-state index contributed by atoms with van der Waals surface area (Å²) >= 11 is 4.16. The van der Waals surface area contributed by atoms with Gasteiger partial charge in [0, 0.05) is 38.4 Å². The van der Waals surface area contributed by atoms with Gasteiger partial charge in [-0.05, 0) is 54.5 Å². The minimum Gasteiger partial charge on any atom is -0.367 e. The van der Waals surface area contributed by atoms with Crippen molar-refractivity contribution in [3.63, 3.8) is 0 Å². The summed E-state index contributed by atoms with van der Waals surface area (Å²) in [6, 6.07) is 7.25. The number of fused-ring (bicyclic) bond motifs is 1. The van der Waals surface area contributed by atoms with Crippen LogP contribution in [-0.4, -0.2) is 28.4 Å². The number of nitrogens with one attached hydrogen (secondary N) is 1. The molecule has 0 aliphatic heterocycles. The maximum absolute atomic E-state index is 13.1. The predicted octanol–water partition coefficient (Wildman–Crippen LogP) is 3.76. The molecule has 130 valence electrons. The summed E-state index contributed by atoms with van der Waals surface area (Å²) in [5, 5.41) is 4.14. The largest absolute Gasteiger partial charge is 0.367 e. The zero-order chi connectivity index (χ0) is 17.8. The van der Waals surface area contributed by atoms with Crippen molar-refractivity contribution in [2.75, 3.05) is 5.32 Å². The number of rotatable bonds is 4. The van der Waals surface area contributed by atoms with Gasteiger partial charge < -0.3 is 5.32 Å². The van der Waals surface area contributed by atoms with Crippen LogP contribution < -0.4 is 5.32 Å². The molecule has 1 aromatic carbocycles. The molecule has 25 heavy (non-hydrogen) atoms. The van der Waals surface area contributed by atoms with Gasteiger partial charge in [0.25, 0.3) is 10.0 Å². The van der Waals surface area contributed by atoms with Crippen LogP contribution in [-0.2, 0) is 10.0 Å². The summed E-state index contributed by atoms with van der Waals surface area (Å²) in [5.74, 6) is 0.708. The summed E-state index contributed by atoms with van der Waals surface area (Å²) in [6.07, 6.45) is 3.84. The highest BCUT2D eigenvalue weighted by Gasteiger charge is 2.27. The SMILES string of the molecule is Cc1ccc(S(=O)(=O)n2cc(I)c3c(NC4CC4)nc(I)nc32)cc1. The lowest BCUT2D eigenvalue weighted by atomic mass is 10.2. The summed E-state index contributed by atoms with van der Waals surface area (Å²) in [5.41, 5.74) is 1.42. The number of aromatic nitrogens is 3. The van der Waals surface area contributed by atoms with E-state index in [2.05, 4.69) is 37.9 Å². The highest BCUT2D eigenvalue weighted by molar-refractivity contribution is 14.1. The quantitative estimate of drug-likeness (QED) is 0.376. The first-order valence-electron chi connectivity index (χ1n) is 7.69. The molecule has 1 saturated carbocycles. The van der Waals surface area contributed by atoms with E-state index in [-0.39, 0.29) is 4.90 Å². The highest BCUT2D eigenvalue weighted by atomic mass is 127. The maximum atomic E-state index is 13.1. The fourth-order valence-electron chi connectivity index (χ4n) is 2.56. The molecule has 4 rings (SSSR count). The smallest absolute Gasteiger partial charge is 0.269 e. The molecule has 2 heterocycles. The van der Waals surface area contributed by atoms with Crippen LogP contribution in [0.15, 0.2) is 35.4 Å². The first kappa shape index (κ1) is 17.5. The number of benzene rings is 1. The number of aryl methyl sites for hydroxylation is 1. The lowest BCUT2D eigenvalue weighted by Gasteiger charge is -2.09. The third-order valence-corrected chi connectivity index (χ3v) is 7.00. The Kier molecular flexibility index (Phi) is 4.43. The summed E-state index contributed by atoms with van der Waals surface area (Å²) < 4.78 is 28.8. The zero-order valence-electron chi connectivity index (χ0n) is 13.2. The molecule has 1 fully saturated rings. The van der Waals surface area contributed by atoms with Gasteiger partial charge in [0.1, 0.15) is 5.82 Å². The molecule has 0 spiro atoms. The molecule has 9 heteroatoms. The molecular formula is C16H14I2N4O2S. The summed E-state index contributed by atoms with van der Waals surface area (Å²) in [6.45, 7) is 1.93. The van der Waals surface area contributed by atoms with E-state index in [0.717, 1.165) is 27.4 Å². The van der Waals surface area contributed by atoms with Crippen LogP contribution in [0.5, 0.6) is 0 Å². The first-order chi connectivity index (χ1) is 11.9. The maximum Gasteiger partial charge on any atom is 0.269 e. The Morgan fingerprint density at radius 2 is 1.84 bits per heavy atom. The van der Waals surface area contributed by atoms with E-state index in [4.69, 9.17) is 0 Å². The zero-order valence-corrected chi connectivity index (χ0v) is 18.3. The van der Waals surface area contributed by atoms with Gasteiger partial charge in [-0.1, -0.05) is 17.7 Å². The Labute approximate surface area is 172 Å². The number of halogens is 2. The Morgan fingerprint density at radius 3 is 2.48 bits per heavy atom. The van der Waals surface area contributed by atoms with Crippen molar-refractivity contribution in [1.29, 1.82) is 0 Å². The predicted molar refractivity (Wildman–Crippen MR) is 113 cm³/mol. The molecule has 0 bridgehead atoms. The molecule has 6 nitrogen and oxygen atoms in total. The monoisotopic (exact) mass is 580 g/mol. The topological polar surface area (TPSA) is 76.9 Å². The van der Waals surface area contributed by atoms with Gasteiger partial charge in [0.2, 0.25) is 0 Å². The Balaban J connectivity index is 1.93. The molecule has 1 N–H and O–H groups in total. The minimum absolute atomic E-state index is 0.247. The second-order valence-corrected chi connectivity index (χ2v) is 9.99. The van der Waals surface area contributed by atoms with Gasteiger partial charge >= 0.3 is 0 Å². The fourth-order valence-corrected chi connectivity index (χ4v) is 5.31. The van der Waals surface area contributed by atoms with E-state index in [9.17, 15) is 8.42 Å². The molecule has 2 aromatic heterocycles. The molecule has 3 aromatic rings. The molecule has 0 unspecified atom stereocenters. The highest BCUT2D eigenvalue weighted by Crippen LogP contribution is 2.33. The van der Waals surface area contributed by atoms with Crippen LogP contribution in [0.2, 0.25) is 0 Å². The van der Waals surface area contributed by atoms with E-state index in [1.165, 1.54) is 3.97 Å².